The van der Waals surface area contributed by atoms with Gasteiger partial charge in [0.1, 0.15) is 0 Å². The van der Waals surface area contributed by atoms with Gasteiger partial charge in [-0.25, -0.2) is 4.79 Å². The van der Waals surface area contributed by atoms with Gasteiger partial charge in [0.05, 0.1) is 11.3 Å². The van der Waals surface area contributed by atoms with E-state index in [1.165, 1.54) is 6.08 Å². The Morgan fingerprint density at radius 3 is 1.95 bits per heavy atom. The first-order valence-electron chi connectivity index (χ1n) is 13.8. The Morgan fingerprint density at radius 1 is 0.773 bits per heavy atom. The van der Waals surface area contributed by atoms with Gasteiger partial charge in [0.15, 0.2) is 0 Å². The first-order valence-corrected chi connectivity index (χ1v) is 13.8. The second-order valence-corrected chi connectivity index (χ2v) is 10.6. The standard InChI is InChI=1S/C33H34N4O6.ClH/c1-7-20-19(6)32(42)37-27(20)14-25-18(5)23(10-12-31(40)41)29(35-25)15-28-22(9-11-30(38)39)17(4)24(34-28)13-26-16(3)21(8-2)33(43)36-26;/h7-8,13-15,34-35H,1-2,9-12H2,3-6H3,(H,37,42)(H,38,39)(H,40,41);1H/b24-13+,27-14+,28-15+;. The number of allylic oxidation sites excluding steroid dienone is 2. The van der Waals surface area contributed by atoms with Crippen molar-refractivity contribution in [2.24, 2.45) is 0 Å². The fourth-order valence-corrected chi connectivity index (χ4v) is 5.41. The van der Waals surface area contributed by atoms with Crippen LogP contribution in [-0.4, -0.2) is 49.6 Å². The first-order chi connectivity index (χ1) is 20.4. The lowest BCUT2D eigenvalue weighted by molar-refractivity contribution is -0.366. The average molecular weight is 619 g/mol. The molecule has 0 aromatic carbocycles. The maximum Gasteiger partial charge on any atom is 0.418 e. The maximum atomic E-state index is 12.3. The van der Waals surface area contributed by atoms with E-state index >= 15 is 0 Å². The number of aliphatic carboxylic acids is 2. The highest BCUT2D eigenvalue weighted by atomic mass is 35.5. The predicted octanol–water partition coefficient (Wildman–Crippen LogP) is -1.86. The summed E-state index contributed by atoms with van der Waals surface area (Å²) in [7, 11) is 0. The lowest BCUT2D eigenvalue weighted by atomic mass is 10.0. The first kappa shape index (κ1) is 33.5. The van der Waals surface area contributed by atoms with Crippen molar-refractivity contribution in [1.29, 1.82) is 0 Å². The Morgan fingerprint density at radius 2 is 1.39 bits per heavy atom. The van der Waals surface area contributed by atoms with E-state index in [1.807, 2.05) is 32.9 Å². The van der Waals surface area contributed by atoms with Crippen molar-refractivity contribution in [2.45, 2.75) is 53.4 Å². The summed E-state index contributed by atoms with van der Waals surface area (Å²) in [6.45, 7) is 14.8. The van der Waals surface area contributed by atoms with Crippen molar-refractivity contribution >= 4 is 47.7 Å². The number of aromatic nitrogens is 2. The van der Waals surface area contributed by atoms with E-state index in [-0.39, 0.29) is 49.9 Å². The highest BCUT2D eigenvalue weighted by Gasteiger charge is 2.28. The minimum absolute atomic E-state index is 0. The third-order valence-corrected chi connectivity index (χ3v) is 7.94. The highest BCUT2D eigenvalue weighted by molar-refractivity contribution is 6.24. The fraction of sp³-hybridized carbons (Fsp3) is 0.242. The minimum atomic E-state index is -0.935. The van der Waals surface area contributed by atoms with E-state index in [1.54, 1.807) is 19.1 Å². The second-order valence-electron chi connectivity index (χ2n) is 10.6. The van der Waals surface area contributed by atoms with Gasteiger partial charge in [0.2, 0.25) is 5.71 Å². The number of hydrogen-bond donors (Lipinski definition) is 6. The van der Waals surface area contributed by atoms with Crippen molar-refractivity contribution in [3.05, 3.63) is 97.6 Å². The molecular weight excluding hydrogens is 584 g/mol. The Hall–Kier alpha value is -4.96. The third kappa shape index (κ3) is 6.65. The monoisotopic (exact) mass is 618 g/mol. The van der Waals surface area contributed by atoms with Gasteiger partial charge >= 0.3 is 17.8 Å². The molecule has 6 N–H and O–H groups in total. The van der Waals surface area contributed by atoms with Gasteiger partial charge in [-0.15, -0.1) is 0 Å². The lowest BCUT2D eigenvalue weighted by Gasteiger charge is -2.02. The van der Waals surface area contributed by atoms with Gasteiger partial charge in [0.25, 0.3) is 5.91 Å². The van der Waals surface area contributed by atoms with Crippen LogP contribution in [0.3, 0.4) is 0 Å². The SMILES string of the molecule is C=CC1=C(C)C(/C=c2/[nH]/c(=C/c3[nH]c(/C=C4/NC(=O)C(C)=C4C=C)c(C)c3CCC(=O)O)c(CCC(=O)O)c2C)=[NH+]C1=O.[Cl-]. The summed E-state index contributed by atoms with van der Waals surface area (Å²) in [5, 5.41) is 23.1. The van der Waals surface area contributed by atoms with Crippen molar-refractivity contribution < 1.29 is 46.8 Å². The van der Waals surface area contributed by atoms with Crippen molar-refractivity contribution in [1.82, 2.24) is 15.3 Å². The number of amides is 2. The van der Waals surface area contributed by atoms with Crippen LogP contribution in [0.15, 0.2) is 53.3 Å². The summed E-state index contributed by atoms with van der Waals surface area (Å²) in [6.07, 6.45) is 8.93. The van der Waals surface area contributed by atoms with E-state index in [4.69, 9.17) is 0 Å². The van der Waals surface area contributed by atoms with E-state index in [0.29, 0.717) is 50.2 Å². The van der Waals surface area contributed by atoms with E-state index in [0.717, 1.165) is 27.8 Å². The summed E-state index contributed by atoms with van der Waals surface area (Å²) in [5.41, 5.74) is 8.27. The second kappa shape index (κ2) is 13.6. The molecular formula is C33H35ClN4O6. The molecule has 4 heterocycles. The molecule has 0 aliphatic carbocycles. The van der Waals surface area contributed by atoms with Crippen LogP contribution < -0.4 is 33.4 Å². The number of aromatic amines is 2. The van der Waals surface area contributed by atoms with Crippen molar-refractivity contribution in [3.8, 4) is 0 Å². The van der Waals surface area contributed by atoms with Crippen LogP contribution in [0.25, 0.3) is 18.2 Å². The molecule has 0 saturated heterocycles. The van der Waals surface area contributed by atoms with Gasteiger partial charge in [0, 0.05) is 57.7 Å². The zero-order valence-electron chi connectivity index (χ0n) is 25.0. The number of nitrogens with one attached hydrogen (secondary N) is 4. The molecule has 0 bridgehead atoms. The number of H-pyrrole nitrogens is 2. The molecule has 10 nitrogen and oxygen atoms in total. The van der Waals surface area contributed by atoms with Crippen molar-refractivity contribution in [3.63, 3.8) is 0 Å². The Bertz CT molecular complexity index is 1860. The summed E-state index contributed by atoms with van der Waals surface area (Å²) in [5.74, 6) is -2.32. The van der Waals surface area contributed by atoms with Crippen LogP contribution in [0, 0.1) is 13.8 Å². The summed E-state index contributed by atoms with van der Waals surface area (Å²) in [6, 6.07) is 0. The summed E-state index contributed by atoms with van der Waals surface area (Å²) in [4.78, 5) is 57.2. The molecule has 2 aromatic rings. The largest absolute Gasteiger partial charge is 1.00 e. The number of carbonyl (C=O) groups is 4. The quantitative estimate of drug-likeness (QED) is 0.173. The van der Waals surface area contributed by atoms with Gasteiger partial charge in [-0.2, -0.15) is 4.99 Å². The average Bonchev–Trinajstić information content (AvgIpc) is 3.59. The Labute approximate surface area is 260 Å². The number of carboxylic acids is 2. The van der Waals surface area contributed by atoms with E-state index < -0.39 is 11.9 Å². The number of halogens is 1. The maximum absolute atomic E-state index is 12.3. The molecule has 0 fully saturated rings. The van der Waals surface area contributed by atoms with Crippen LogP contribution in [0.4, 0.5) is 0 Å². The predicted molar refractivity (Wildman–Crippen MR) is 163 cm³/mol. The van der Waals surface area contributed by atoms with E-state index in [9.17, 15) is 29.4 Å². The Kier molecular flexibility index (Phi) is 10.3. The van der Waals surface area contributed by atoms with E-state index in [2.05, 4.69) is 33.4 Å². The molecule has 0 spiro atoms. The summed E-state index contributed by atoms with van der Waals surface area (Å²) >= 11 is 0. The fourth-order valence-electron chi connectivity index (χ4n) is 5.41. The topological polar surface area (TPSA) is 166 Å². The molecule has 4 rings (SSSR count). The molecule has 2 aliphatic rings. The van der Waals surface area contributed by atoms with Crippen LogP contribution in [0.1, 0.15) is 60.3 Å². The van der Waals surface area contributed by atoms with Crippen LogP contribution in [-0.2, 0) is 32.0 Å². The molecule has 0 saturated carbocycles. The van der Waals surface area contributed by atoms with Gasteiger partial charge in [-0.1, -0.05) is 25.3 Å². The normalized spacial score (nSPS) is 16.5. The number of carboxylic acid groups (broad SMARTS) is 2. The molecule has 230 valence electrons. The molecule has 0 atom stereocenters. The van der Waals surface area contributed by atoms with Crippen LogP contribution >= 0.6 is 0 Å². The third-order valence-electron chi connectivity index (χ3n) is 7.94. The van der Waals surface area contributed by atoms with Gasteiger partial charge in [-0.05, 0) is 74.9 Å². The lowest BCUT2D eigenvalue weighted by Crippen LogP contribution is -3.00. The molecule has 0 unspecified atom stereocenters. The zero-order chi connectivity index (χ0) is 31.6. The number of hydrogen-bond acceptors (Lipinski definition) is 4. The number of rotatable bonds is 11. The molecule has 11 heteroatoms. The molecule has 2 aliphatic heterocycles. The summed E-state index contributed by atoms with van der Waals surface area (Å²) < 4.78 is 0. The van der Waals surface area contributed by atoms with Crippen LogP contribution in [0.5, 0.6) is 0 Å². The highest BCUT2D eigenvalue weighted by Crippen LogP contribution is 2.27. The molecule has 2 amide bonds. The van der Waals surface area contributed by atoms with Crippen LogP contribution in [0.2, 0.25) is 0 Å². The zero-order valence-corrected chi connectivity index (χ0v) is 25.8. The Balaban J connectivity index is 0.00000529. The molecule has 2 aromatic heterocycles. The molecule has 44 heavy (non-hydrogen) atoms. The smallest absolute Gasteiger partial charge is 0.418 e. The number of carbonyl (C=O) groups excluding carboxylic acids is 2. The minimum Gasteiger partial charge on any atom is -1.00 e. The van der Waals surface area contributed by atoms with Gasteiger partial charge < -0.3 is 37.9 Å². The molecule has 0 radical (unpaired) electrons. The van der Waals surface area contributed by atoms with Crippen molar-refractivity contribution in [2.75, 3.05) is 0 Å². The van der Waals surface area contributed by atoms with Gasteiger partial charge in [-0.3, -0.25) is 14.4 Å².